The van der Waals surface area contributed by atoms with Crippen LogP contribution < -0.4 is 5.32 Å². The van der Waals surface area contributed by atoms with Gasteiger partial charge in [-0.25, -0.2) is 0 Å². The van der Waals surface area contributed by atoms with Crippen molar-refractivity contribution in [2.45, 2.75) is 39.5 Å². The van der Waals surface area contributed by atoms with E-state index in [4.69, 9.17) is 16.3 Å². The largest absolute Gasteiger partial charge is 0.381 e. The summed E-state index contributed by atoms with van der Waals surface area (Å²) in [6, 6.07) is 6.39. The summed E-state index contributed by atoms with van der Waals surface area (Å²) in [5.41, 5.74) is 2.67. The van der Waals surface area contributed by atoms with E-state index < -0.39 is 0 Å². The van der Waals surface area contributed by atoms with Gasteiger partial charge in [0.15, 0.2) is 0 Å². The lowest BCUT2D eigenvalue weighted by molar-refractivity contribution is -0.00705. The molecule has 112 valence electrons. The molecular weight excluding hydrogens is 270 g/mol. The number of ether oxygens (including phenoxy) is 1. The number of rotatable bonds is 6. The quantitative estimate of drug-likeness (QED) is 0.801. The molecule has 2 rings (SSSR count). The van der Waals surface area contributed by atoms with Crippen LogP contribution in [0.25, 0.3) is 0 Å². The molecule has 0 spiro atoms. The standard InChI is InChI=1S/C17H26ClNO/c1-3-8-19-12-17(7-4-9-20-13-17)11-15-6-5-14(2)10-16(15)18/h5-6,10,19H,3-4,7-9,11-13H2,1-2H3. The molecule has 0 aliphatic carbocycles. The first-order valence-electron chi connectivity index (χ1n) is 7.69. The van der Waals surface area contributed by atoms with Crippen molar-refractivity contribution >= 4 is 11.6 Å². The molecular formula is C17H26ClNO. The second-order valence-corrected chi connectivity index (χ2v) is 6.51. The van der Waals surface area contributed by atoms with Gasteiger partial charge in [0.25, 0.3) is 0 Å². The molecule has 1 aliphatic heterocycles. The van der Waals surface area contributed by atoms with E-state index in [2.05, 4.69) is 37.4 Å². The van der Waals surface area contributed by atoms with Gasteiger partial charge >= 0.3 is 0 Å². The van der Waals surface area contributed by atoms with Crippen LogP contribution in [0.1, 0.15) is 37.3 Å². The molecule has 1 N–H and O–H groups in total. The maximum absolute atomic E-state index is 6.41. The number of benzene rings is 1. The van der Waals surface area contributed by atoms with Crippen molar-refractivity contribution < 1.29 is 4.74 Å². The van der Waals surface area contributed by atoms with Gasteiger partial charge in [0.05, 0.1) is 6.61 Å². The lowest BCUT2D eigenvalue weighted by Crippen LogP contribution is -2.43. The van der Waals surface area contributed by atoms with Crippen LogP contribution in [0, 0.1) is 12.3 Å². The van der Waals surface area contributed by atoms with Gasteiger partial charge in [0.1, 0.15) is 0 Å². The minimum absolute atomic E-state index is 0.201. The second-order valence-electron chi connectivity index (χ2n) is 6.10. The van der Waals surface area contributed by atoms with Gasteiger partial charge in [-0.15, -0.1) is 0 Å². The fourth-order valence-electron chi connectivity index (χ4n) is 2.98. The third-order valence-electron chi connectivity index (χ3n) is 4.10. The van der Waals surface area contributed by atoms with Gasteiger partial charge in [0.2, 0.25) is 0 Å². The topological polar surface area (TPSA) is 21.3 Å². The summed E-state index contributed by atoms with van der Waals surface area (Å²) in [7, 11) is 0. The summed E-state index contributed by atoms with van der Waals surface area (Å²) in [4.78, 5) is 0. The van der Waals surface area contributed by atoms with Crippen molar-refractivity contribution in [1.29, 1.82) is 0 Å². The monoisotopic (exact) mass is 295 g/mol. The van der Waals surface area contributed by atoms with Gasteiger partial charge in [-0.3, -0.25) is 0 Å². The van der Waals surface area contributed by atoms with Gasteiger partial charge < -0.3 is 10.1 Å². The zero-order valence-electron chi connectivity index (χ0n) is 12.7. The molecule has 1 aromatic rings. The molecule has 3 heteroatoms. The average molecular weight is 296 g/mol. The van der Waals surface area contributed by atoms with Crippen LogP contribution in [-0.4, -0.2) is 26.3 Å². The molecule has 20 heavy (non-hydrogen) atoms. The fraction of sp³-hybridized carbons (Fsp3) is 0.647. The normalized spacial score (nSPS) is 22.9. The Kier molecular flexibility index (Phi) is 5.88. The average Bonchev–Trinajstić information content (AvgIpc) is 2.44. The van der Waals surface area contributed by atoms with Crippen LogP contribution in [0.5, 0.6) is 0 Å². The predicted molar refractivity (Wildman–Crippen MR) is 85.5 cm³/mol. The molecule has 0 aromatic heterocycles. The summed E-state index contributed by atoms with van der Waals surface area (Å²) in [5.74, 6) is 0. The van der Waals surface area contributed by atoms with Crippen LogP contribution in [0.2, 0.25) is 5.02 Å². The molecule has 2 nitrogen and oxygen atoms in total. The summed E-state index contributed by atoms with van der Waals surface area (Å²) >= 11 is 6.41. The highest BCUT2D eigenvalue weighted by Gasteiger charge is 2.33. The smallest absolute Gasteiger partial charge is 0.0537 e. The molecule has 1 heterocycles. The number of hydrogen-bond donors (Lipinski definition) is 1. The summed E-state index contributed by atoms with van der Waals surface area (Å²) < 4.78 is 5.77. The van der Waals surface area contributed by atoms with Gasteiger partial charge in [-0.05, 0) is 56.3 Å². The maximum atomic E-state index is 6.41. The van der Waals surface area contributed by atoms with Gasteiger partial charge in [-0.1, -0.05) is 30.7 Å². The molecule has 1 unspecified atom stereocenters. The van der Waals surface area contributed by atoms with Crippen molar-refractivity contribution in [1.82, 2.24) is 5.32 Å². The first-order chi connectivity index (χ1) is 9.65. The van der Waals surface area contributed by atoms with E-state index in [0.717, 1.165) is 44.2 Å². The van der Waals surface area contributed by atoms with E-state index in [1.807, 2.05) is 0 Å². The van der Waals surface area contributed by atoms with Crippen molar-refractivity contribution in [3.63, 3.8) is 0 Å². The number of aryl methyl sites for hydroxylation is 1. The third kappa shape index (κ3) is 4.21. The summed E-state index contributed by atoms with van der Waals surface area (Å²) in [6.45, 7) is 8.12. The Labute approximate surface area is 127 Å². The Balaban J connectivity index is 2.10. The molecule has 0 amide bonds. The van der Waals surface area contributed by atoms with E-state index in [1.54, 1.807) is 0 Å². The minimum Gasteiger partial charge on any atom is -0.381 e. The van der Waals surface area contributed by atoms with E-state index in [9.17, 15) is 0 Å². The Hall–Kier alpha value is -0.570. The highest BCUT2D eigenvalue weighted by Crippen LogP contribution is 2.34. The second kappa shape index (κ2) is 7.44. The predicted octanol–water partition coefficient (Wildman–Crippen LogP) is 3.99. The molecule has 0 saturated carbocycles. The SMILES string of the molecule is CCCNCC1(Cc2ccc(C)cc2Cl)CCCOC1. The minimum atomic E-state index is 0.201. The van der Waals surface area contributed by atoms with E-state index in [1.165, 1.54) is 24.0 Å². The number of hydrogen-bond acceptors (Lipinski definition) is 2. The number of halogens is 1. The number of nitrogens with one attached hydrogen (secondary N) is 1. The lowest BCUT2D eigenvalue weighted by atomic mass is 9.77. The molecule has 1 aromatic carbocycles. The molecule has 1 saturated heterocycles. The summed E-state index contributed by atoms with van der Waals surface area (Å²) in [6.07, 6.45) is 4.54. The lowest BCUT2D eigenvalue weighted by Gasteiger charge is -2.38. The summed E-state index contributed by atoms with van der Waals surface area (Å²) in [5, 5.41) is 4.47. The van der Waals surface area contributed by atoms with Crippen LogP contribution in [-0.2, 0) is 11.2 Å². The van der Waals surface area contributed by atoms with Crippen LogP contribution in [0.15, 0.2) is 18.2 Å². The maximum Gasteiger partial charge on any atom is 0.0537 e. The molecule has 1 atom stereocenters. The first-order valence-corrected chi connectivity index (χ1v) is 8.06. The Morgan fingerprint density at radius 3 is 2.90 bits per heavy atom. The van der Waals surface area contributed by atoms with Crippen molar-refractivity contribution in [2.24, 2.45) is 5.41 Å². The highest BCUT2D eigenvalue weighted by atomic mass is 35.5. The third-order valence-corrected chi connectivity index (χ3v) is 4.46. The molecule has 0 radical (unpaired) electrons. The Morgan fingerprint density at radius 1 is 1.40 bits per heavy atom. The van der Waals surface area contributed by atoms with Crippen LogP contribution >= 0.6 is 11.6 Å². The molecule has 0 bridgehead atoms. The first kappa shape index (κ1) is 15.8. The van der Waals surface area contributed by atoms with E-state index in [0.29, 0.717) is 0 Å². The zero-order chi connectivity index (χ0) is 14.4. The van der Waals surface area contributed by atoms with E-state index in [-0.39, 0.29) is 5.41 Å². The van der Waals surface area contributed by atoms with Crippen molar-refractivity contribution in [2.75, 3.05) is 26.3 Å². The Bertz CT molecular complexity index is 427. The van der Waals surface area contributed by atoms with Gasteiger partial charge in [-0.2, -0.15) is 0 Å². The van der Waals surface area contributed by atoms with Gasteiger partial charge in [0, 0.05) is 23.6 Å². The molecule has 1 aliphatic rings. The van der Waals surface area contributed by atoms with Crippen molar-refractivity contribution in [3.8, 4) is 0 Å². The molecule has 1 fully saturated rings. The fourth-order valence-corrected chi connectivity index (χ4v) is 3.28. The van der Waals surface area contributed by atoms with Crippen LogP contribution in [0.3, 0.4) is 0 Å². The highest BCUT2D eigenvalue weighted by molar-refractivity contribution is 6.31. The van der Waals surface area contributed by atoms with Crippen LogP contribution in [0.4, 0.5) is 0 Å². The van der Waals surface area contributed by atoms with E-state index >= 15 is 0 Å². The zero-order valence-corrected chi connectivity index (χ0v) is 13.4. The van der Waals surface area contributed by atoms with Crippen molar-refractivity contribution in [3.05, 3.63) is 34.3 Å². The Morgan fingerprint density at radius 2 is 2.25 bits per heavy atom.